The molecule has 8 nitrogen and oxygen atoms in total. The number of esters is 1. The van der Waals surface area contributed by atoms with Crippen molar-refractivity contribution in [2.24, 2.45) is 23.7 Å². The number of hydrazine groups is 1. The molecule has 0 aliphatic heterocycles. The molecule has 34 heavy (non-hydrogen) atoms. The molecule has 194 valence electrons. The average molecular weight is 498 g/mol. The number of nitrogens with zero attached hydrogens (tertiary/aromatic N) is 2. The Hall–Kier alpha value is -2.00. The number of carbonyl (C=O) groups excluding carboxylic acids is 2. The van der Waals surface area contributed by atoms with Crippen LogP contribution in [0.25, 0.3) is 0 Å². The number of hydrogen-bond acceptors (Lipinski definition) is 6. The molecule has 0 radical (unpaired) electrons. The zero-order chi connectivity index (χ0) is 26.1. The van der Waals surface area contributed by atoms with E-state index in [1.807, 2.05) is 39.8 Å². The molecule has 0 aliphatic carbocycles. The maximum Gasteiger partial charge on any atom is 0.310 e. The second kappa shape index (κ2) is 13.2. The van der Waals surface area contributed by atoms with E-state index in [1.165, 1.54) is 0 Å². The Labute approximate surface area is 205 Å². The van der Waals surface area contributed by atoms with E-state index in [0.29, 0.717) is 25.7 Å². The molecular weight excluding hydrogens is 454 g/mol. The van der Waals surface area contributed by atoms with Gasteiger partial charge in [0, 0.05) is 18.9 Å². The lowest BCUT2D eigenvalue weighted by atomic mass is 9.81. The highest BCUT2D eigenvalue weighted by atomic mass is 32.2. The van der Waals surface area contributed by atoms with E-state index < -0.39 is 39.3 Å². The topological polar surface area (TPSA) is 106 Å². The van der Waals surface area contributed by atoms with Gasteiger partial charge in [-0.3, -0.25) is 20.0 Å². The third-order valence-electron chi connectivity index (χ3n) is 5.13. The van der Waals surface area contributed by atoms with Crippen LogP contribution < -0.4 is 5.43 Å². The maximum atomic E-state index is 13.4. The van der Waals surface area contributed by atoms with Gasteiger partial charge in [0.2, 0.25) is 15.9 Å². The van der Waals surface area contributed by atoms with Crippen molar-refractivity contribution in [1.82, 2.24) is 14.8 Å². The van der Waals surface area contributed by atoms with Crippen LogP contribution in [-0.4, -0.2) is 48.1 Å². The lowest BCUT2D eigenvalue weighted by Gasteiger charge is -2.31. The number of carbonyl (C=O) groups is 2. The summed E-state index contributed by atoms with van der Waals surface area (Å²) in [6.07, 6.45) is 6.81. The quantitative estimate of drug-likeness (QED) is 0.326. The van der Waals surface area contributed by atoms with Crippen molar-refractivity contribution in [3.05, 3.63) is 30.1 Å². The third kappa shape index (κ3) is 11.4. The van der Waals surface area contributed by atoms with Crippen molar-refractivity contribution in [3.63, 3.8) is 0 Å². The first-order valence-electron chi connectivity index (χ1n) is 12.0. The largest absolute Gasteiger partial charge is 0.460 e. The number of rotatable bonds is 13. The fraction of sp³-hybridized carbons (Fsp3) is 0.720. The second-order valence-electron chi connectivity index (χ2n) is 10.8. The number of aryl methyl sites for hydroxylation is 1. The minimum atomic E-state index is -3.67. The van der Waals surface area contributed by atoms with Crippen LogP contribution in [0.4, 0.5) is 0 Å². The van der Waals surface area contributed by atoms with E-state index in [2.05, 4.69) is 10.4 Å². The number of sulfonamides is 1. The molecule has 9 heteroatoms. The van der Waals surface area contributed by atoms with Gasteiger partial charge in [-0.1, -0.05) is 33.8 Å². The summed E-state index contributed by atoms with van der Waals surface area (Å²) in [6.45, 7) is 13.2. The Kier molecular flexibility index (Phi) is 11.6. The lowest BCUT2D eigenvalue weighted by Crippen LogP contribution is -2.51. The highest BCUT2D eigenvalue weighted by Crippen LogP contribution is 2.29. The molecule has 1 rings (SSSR count). The first kappa shape index (κ1) is 30.0. The number of pyridine rings is 1. The van der Waals surface area contributed by atoms with E-state index in [4.69, 9.17) is 4.74 Å². The zero-order valence-corrected chi connectivity index (χ0v) is 22.8. The first-order chi connectivity index (χ1) is 15.6. The van der Waals surface area contributed by atoms with Crippen LogP contribution in [0, 0.1) is 23.7 Å². The van der Waals surface area contributed by atoms with Gasteiger partial charge in [-0.25, -0.2) is 8.42 Å². The van der Waals surface area contributed by atoms with Gasteiger partial charge >= 0.3 is 5.97 Å². The van der Waals surface area contributed by atoms with Crippen LogP contribution in [0.5, 0.6) is 0 Å². The molecule has 1 amide bonds. The van der Waals surface area contributed by atoms with Gasteiger partial charge in [-0.15, -0.1) is 4.41 Å². The number of amides is 1. The average Bonchev–Trinajstić information content (AvgIpc) is 2.67. The first-order valence-corrected chi connectivity index (χ1v) is 13.8. The van der Waals surface area contributed by atoms with Gasteiger partial charge < -0.3 is 4.74 Å². The highest BCUT2D eigenvalue weighted by molar-refractivity contribution is 7.88. The van der Waals surface area contributed by atoms with E-state index >= 15 is 0 Å². The Morgan fingerprint density at radius 3 is 2.24 bits per heavy atom. The van der Waals surface area contributed by atoms with Gasteiger partial charge in [0.15, 0.2) is 0 Å². The molecule has 1 N–H and O–H groups in total. The second-order valence-corrected chi connectivity index (χ2v) is 12.7. The molecule has 1 aromatic rings. The summed E-state index contributed by atoms with van der Waals surface area (Å²) < 4.78 is 31.2. The van der Waals surface area contributed by atoms with Gasteiger partial charge in [-0.2, -0.15) is 0 Å². The molecule has 0 aliphatic rings. The van der Waals surface area contributed by atoms with E-state index in [1.54, 1.807) is 33.2 Å². The molecule has 0 aromatic carbocycles. The third-order valence-corrected chi connectivity index (χ3v) is 6.17. The molecule has 1 aromatic heterocycles. The number of ether oxygens (including phenoxy) is 1. The maximum absolute atomic E-state index is 13.4. The summed E-state index contributed by atoms with van der Waals surface area (Å²) in [5.74, 6) is -2.19. The summed E-state index contributed by atoms with van der Waals surface area (Å²) in [4.78, 5) is 30.8. The van der Waals surface area contributed by atoms with Crippen LogP contribution in [0.3, 0.4) is 0 Å². The molecule has 0 fully saturated rings. The Bertz CT molecular complexity index is 880. The van der Waals surface area contributed by atoms with Crippen LogP contribution in [0.15, 0.2) is 24.5 Å². The van der Waals surface area contributed by atoms with E-state index in [0.717, 1.165) is 16.2 Å². The molecule has 0 unspecified atom stereocenters. The number of nitrogens with one attached hydrogen (secondary N) is 1. The SMILES string of the molecule is CC(C)C[C@@H](C(=O)NN(CC(C)C)S(C)(=O)=O)[C@H](CCCc1cccnc1)C(=O)OC(C)(C)C. The van der Waals surface area contributed by atoms with Crippen LogP contribution >= 0.6 is 0 Å². The minimum absolute atomic E-state index is 0.0136. The summed E-state index contributed by atoms with van der Waals surface area (Å²) >= 11 is 0. The van der Waals surface area contributed by atoms with Gasteiger partial charge in [-0.05, 0) is 69.9 Å². The van der Waals surface area contributed by atoms with Crippen molar-refractivity contribution >= 4 is 21.9 Å². The predicted octanol–water partition coefficient (Wildman–Crippen LogP) is 3.97. The van der Waals surface area contributed by atoms with Crippen molar-refractivity contribution in [2.45, 2.75) is 79.8 Å². The van der Waals surface area contributed by atoms with Gasteiger partial charge in [0.1, 0.15) is 5.60 Å². The van der Waals surface area contributed by atoms with Crippen LogP contribution in [-0.2, 0) is 30.8 Å². The Morgan fingerprint density at radius 2 is 1.76 bits per heavy atom. The normalized spacial score (nSPS) is 14.3. The molecule has 0 bridgehead atoms. The zero-order valence-electron chi connectivity index (χ0n) is 22.0. The summed E-state index contributed by atoms with van der Waals surface area (Å²) in [6, 6.07) is 3.84. The molecule has 0 spiro atoms. The summed E-state index contributed by atoms with van der Waals surface area (Å²) in [5.41, 5.74) is 2.94. The monoisotopic (exact) mass is 497 g/mol. The van der Waals surface area contributed by atoms with Crippen molar-refractivity contribution in [2.75, 3.05) is 12.8 Å². The molecule has 0 saturated heterocycles. The van der Waals surface area contributed by atoms with Crippen LogP contribution in [0.1, 0.15) is 73.3 Å². The van der Waals surface area contributed by atoms with Gasteiger partial charge in [0.25, 0.3) is 0 Å². The minimum Gasteiger partial charge on any atom is -0.460 e. The smallest absolute Gasteiger partial charge is 0.310 e. The summed E-state index contributed by atoms with van der Waals surface area (Å²) in [7, 11) is -3.67. The molecular formula is C25H43N3O5S. The number of hydrogen-bond donors (Lipinski definition) is 1. The van der Waals surface area contributed by atoms with Crippen molar-refractivity contribution in [1.29, 1.82) is 0 Å². The summed E-state index contributed by atoms with van der Waals surface area (Å²) in [5, 5.41) is 0. The standard InChI is InChI=1S/C25H43N3O5S/c1-18(2)15-22(23(29)27-28(17-19(3)4)34(8,31)32)21(24(30)33-25(5,6)7)13-9-11-20-12-10-14-26-16-20/h10,12,14,16,18-19,21-22H,9,11,13,15,17H2,1-8H3,(H,27,29)/t21-,22+/m0/s1. The fourth-order valence-electron chi connectivity index (χ4n) is 3.70. The number of aromatic nitrogens is 1. The molecule has 0 saturated carbocycles. The molecule has 2 atom stereocenters. The van der Waals surface area contributed by atoms with Crippen molar-refractivity contribution < 1.29 is 22.7 Å². The fourth-order valence-corrected chi connectivity index (χ4v) is 4.52. The Balaban J connectivity index is 3.20. The molecule has 1 heterocycles. The van der Waals surface area contributed by atoms with Crippen LogP contribution in [0.2, 0.25) is 0 Å². The highest BCUT2D eigenvalue weighted by Gasteiger charge is 2.38. The predicted molar refractivity (Wildman–Crippen MR) is 134 cm³/mol. The van der Waals surface area contributed by atoms with Gasteiger partial charge in [0.05, 0.1) is 18.1 Å². The Morgan fingerprint density at radius 1 is 1.12 bits per heavy atom. The van der Waals surface area contributed by atoms with E-state index in [9.17, 15) is 18.0 Å². The van der Waals surface area contributed by atoms with E-state index in [-0.39, 0.29) is 18.4 Å². The lowest BCUT2D eigenvalue weighted by molar-refractivity contribution is -0.165. The van der Waals surface area contributed by atoms with Crippen molar-refractivity contribution in [3.8, 4) is 0 Å².